The maximum atomic E-state index is 13.9. The number of para-hydroxylation sites is 1. The molecule has 122 valence electrons. The van der Waals surface area contributed by atoms with E-state index in [0.29, 0.717) is 17.8 Å². The number of benzene rings is 1. The highest BCUT2D eigenvalue weighted by Crippen LogP contribution is 2.17. The van der Waals surface area contributed by atoms with Gasteiger partial charge in [0.1, 0.15) is 17.5 Å². The van der Waals surface area contributed by atoms with Gasteiger partial charge in [-0.3, -0.25) is 9.59 Å². The van der Waals surface area contributed by atoms with E-state index >= 15 is 0 Å². The molecule has 2 rings (SSSR count). The molecule has 1 heterocycles. The minimum Gasteiger partial charge on any atom is -0.355 e. The highest BCUT2D eigenvalue weighted by molar-refractivity contribution is 5.98. The van der Waals surface area contributed by atoms with Crippen LogP contribution in [0.2, 0.25) is 0 Å². The van der Waals surface area contributed by atoms with Gasteiger partial charge in [0.05, 0.1) is 17.5 Å². The summed E-state index contributed by atoms with van der Waals surface area (Å²) in [6.45, 7) is 5.56. The van der Waals surface area contributed by atoms with Crippen LogP contribution in [0.4, 0.5) is 4.39 Å². The van der Waals surface area contributed by atoms with Gasteiger partial charge >= 0.3 is 0 Å². The Bertz CT molecular complexity index is 727. The Morgan fingerprint density at radius 1 is 1.35 bits per heavy atom. The molecule has 2 aromatic rings. The number of halogens is 1. The zero-order valence-corrected chi connectivity index (χ0v) is 13.3. The van der Waals surface area contributed by atoms with Crippen molar-refractivity contribution in [1.82, 2.24) is 20.4 Å². The number of hydrogen-bond donors (Lipinski definition) is 2. The molecule has 0 spiro atoms. The number of amides is 2. The standard InChI is InChI=1S/C16H19FN4O2/c1-4-18-15(22)10(2)20-16(23)12-9-19-21(11(12)3)14-8-6-5-7-13(14)17/h5-10H,4H2,1-3H3,(H,18,22)(H,20,23)/t10-/m1/s1. The largest absolute Gasteiger partial charge is 0.355 e. The molecule has 0 saturated heterocycles. The van der Waals surface area contributed by atoms with Gasteiger partial charge in [0.25, 0.3) is 5.91 Å². The van der Waals surface area contributed by atoms with E-state index in [9.17, 15) is 14.0 Å². The fourth-order valence-electron chi connectivity index (χ4n) is 2.17. The van der Waals surface area contributed by atoms with E-state index in [2.05, 4.69) is 15.7 Å². The smallest absolute Gasteiger partial charge is 0.255 e. The Morgan fingerprint density at radius 2 is 2.04 bits per heavy atom. The van der Waals surface area contributed by atoms with Gasteiger partial charge in [-0.2, -0.15) is 5.10 Å². The minimum atomic E-state index is -0.668. The molecule has 6 nitrogen and oxygen atoms in total. The molecule has 1 aromatic carbocycles. The van der Waals surface area contributed by atoms with Crippen LogP contribution in [-0.2, 0) is 4.79 Å². The lowest BCUT2D eigenvalue weighted by Crippen LogP contribution is -2.44. The SMILES string of the molecule is CCNC(=O)[C@@H](C)NC(=O)c1cnn(-c2ccccc2F)c1C. The molecule has 0 aliphatic rings. The Labute approximate surface area is 133 Å². The summed E-state index contributed by atoms with van der Waals surface area (Å²) in [5.41, 5.74) is 1.06. The van der Waals surface area contributed by atoms with Crippen LogP contribution in [0.3, 0.4) is 0 Å². The fourth-order valence-corrected chi connectivity index (χ4v) is 2.17. The van der Waals surface area contributed by atoms with Crippen LogP contribution in [0.25, 0.3) is 5.69 Å². The molecule has 0 aliphatic carbocycles. The van der Waals surface area contributed by atoms with Crippen molar-refractivity contribution in [3.05, 3.63) is 47.5 Å². The van der Waals surface area contributed by atoms with Gasteiger partial charge in [-0.1, -0.05) is 12.1 Å². The Balaban J connectivity index is 2.21. The van der Waals surface area contributed by atoms with Crippen molar-refractivity contribution >= 4 is 11.8 Å². The summed E-state index contributed by atoms with van der Waals surface area (Å²) in [7, 11) is 0. The van der Waals surface area contributed by atoms with Crippen molar-refractivity contribution in [1.29, 1.82) is 0 Å². The monoisotopic (exact) mass is 318 g/mol. The minimum absolute atomic E-state index is 0.264. The predicted octanol–water partition coefficient (Wildman–Crippen LogP) is 1.57. The van der Waals surface area contributed by atoms with Crippen molar-refractivity contribution in [2.75, 3.05) is 6.54 Å². The molecule has 0 fully saturated rings. The van der Waals surface area contributed by atoms with Gasteiger partial charge in [-0.05, 0) is 32.9 Å². The third-order valence-corrected chi connectivity index (χ3v) is 3.43. The van der Waals surface area contributed by atoms with Gasteiger partial charge in [0, 0.05) is 6.54 Å². The molecule has 0 aliphatic heterocycles. The molecule has 7 heteroatoms. The topological polar surface area (TPSA) is 76.0 Å². The molecule has 1 atom stereocenters. The number of aromatic nitrogens is 2. The van der Waals surface area contributed by atoms with Crippen LogP contribution in [-0.4, -0.2) is 34.2 Å². The molecule has 0 unspecified atom stereocenters. The summed E-state index contributed by atoms with van der Waals surface area (Å²) in [5, 5.41) is 9.31. The summed E-state index contributed by atoms with van der Waals surface area (Å²) in [5.74, 6) is -1.12. The maximum absolute atomic E-state index is 13.9. The fraction of sp³-hybridized carbons (Fsp3) is 0.312. The summed E-state index contributed by atoms with van der Waals surface area (Å²) >= 11 is 0. The van der Waals surface area contributed by atoms with Gasteiger partial charge in [0.2, 0.25) is 5.91 Å². The van der Waals surface area contributed by atoms with E-state index < -0.39 is 17.8 Å². The van der Waals surface area contributed by atoms with Gasteiger partial charge < -0.3 is 10.6 Å². The second kappa shape index (κ2) is 7.04. The molecular formula is C16H19FN4O2. The first-order chi connectivity index (χ1) is 11.0. The molecule has 1 aromatic heterocycles. The molecule has 0 saturated carbocycles. The first-order valence-corrected chi connectivity index (χ1v) is 7.33. The molecule has 0 bridgehead atoms. The Morgan fingerprint density at radius 3 is 2.70 bits per heavy atom. The number of rotatable bonds is 5. The Hall–Kier alpha value is -2.70. The van der Waals surface area contributed by atoms with E-state index in [1.54, 1.807) is 39.0 Å². The van der Waals surface area contributed by atoms with E-state index in [1.165, 1.54) is 16.9 Å². The Kier molecular flexibility index (Phi) is 5.10. The van der Waals surface area contributed by atoms with E-state index in [4.69, 9.17) is 0 Å². The molecule has 2 amide bonds. The average molecular weight is 318 g/mol. The molecule has 0 radical (unpaired) electrons. The van der Waals surface area contributed by atoms with Crippen molar-refractivity contribution in [3.8, 4) is 5.69 Å². The zero-order valence-electron chi connectivity index (χ0n) is 13.3. The number of carbonyl (C=O) groups is 2. The van der Waals surface area contributed by atoms with Crippen LogP contribution < -0.4 is 10.6 Å². The molecular weight excluding hydrogens is 299 g/mol. The number of nitrogens with zero attached hydrogens (tertiary/aromatic N) is 2. The third kappa shape index (κ3) is 3.56. The second-order valence-corrected chi connectivity index (χ2v) is 5.10. The number of hydrogen-bond acceptors (Lipinski definition) is 3. The average Bonchev–Trinajstić information content (AvgIpc) is 2.89. The molecule has 2 N–H and O–H groups in total. The van der Waals surface area contributed by atoms with Crippen molar-refractivity contribution in [3.63, 3.8) is 0 Å². The summed E-state index contributed by atoms with van der Waals surface area (Å²) in [6, 6.07) is 5.51. The lowest BCUT2D eigenvalue weighted by molar-refractivity contribution is -0.122. The molecule has 23 heavy (non-hydrogen) atoms. The number of carbonyl (C=O) groups excluding carboxylic acids is 2. The first-order valence-electron chi connectivity index (χ1n) is 7.33. The first kappa shape index (κ1) is 16.7. The normalized spacial score (nSPS) is 11.8. The number of likely N-dealkylation sites (N-methyl/N-ethyl adjacent to an activating group) is 1. The van der Waals surface area contributed by atoms with Crippen LogP contribution in [0.1, 0.15) is 29.9 Å². The summed E-state index contributed by atoms with van der Waals surface area (Å²) in [4.78, 5) is 23.9. The second-order valence-electron chi connectivity index (χ2n) is 5.10. The third-order valence-electron chi connectivity index (χ3n) is 3.43. The van der Waals surface area contributed by atoms with Gasteiger partial charge in [-0.15, -0.1) is 0 Å². The number of nitrogens with one attached hydrogen (secondary N) is 2. The van der Waals surface area contributed by atoms with E-state index in [-0.39, 0.29) is 11.6 Å². The summed E-state index contributed by atoms with van der Waals surface area (Å²) < 4.78 is 15.2. The van der Waals surface area contributed by atoms with Crippen molar-refractivity contribution in [2.45, 2.75) is 26.8 Å². The van der Waals surface area contributed by atoms with Crippen LogP contribution in [0, 0.1) is 12.7 Å². The highest BCUT2D eigenvalue weighted by atomic mass is 19.1. The van der Waals surface area contributed by atoms with Gasteiger partial charge in [0.15, 0.2) is 0 Å². The van der Waals surface area contributed by atoms with Crippen LogP contribution in [0.5, 0.6) is 0 Å². The van der Waals surface area contributed by atoms with E-state index in [0.717, 1.165) is 0 Å². The van der Waals surface area contributed by atoms with E-state index in [1.807, 2.05) is 0 Å². The van der Waals surface area contributed by atoms with Crippen molar-refractivity contribution < 1.29 is 14.0 Å². The maximum Gasteiger partial charge on any atom is 0.255 e. The van der Waals surface area contributed by atoms with Gasteiger partial charge in [-0.25, -0.2) is 9.07 Å². The van der Waals surface area contributed by atoms with Crippen LogP contribution in [0.15, 0.2) is 30.5 Å². The lowest BCUT2D eigenvalue weighted by atomic mass is 10.2. The summed E-state index contributed by atoms with van der Waals surface area (Å²) in [6.07, 6.45) is 1.36. The zero-order chi connectivity index (χ0) is 17.0. The quantitative estimate of drug-likeness (QED) is 0.879. The highest BCUT2D eigenvalue weighted by Gasteiger charge is 2.20. The van der Waals surface area contributed by atoms with Crippen LogP contribution >= 0.6 is 0 Å². The lowest BCUT2D eigenvalue weighted by Gasteiger charge is -2.13. The predicted molar refractivity (Wildman–Crippen MR) is 83.9 cm³/mol. The van der Waals surface area contributed by atoms with Crippen molar-refractivity contribution in [2.24, 2.45) is 0 Å².